The summed E-state index contributed by atoms with van der Waals surface area (Å²) in [5.41, 5.74) is 1.98. The van der Waals surface area contributed by atoms with Crippen molar-refractivity contribution in [1.82, 2.24) is 0 Å². The number of carbonyl (C=O) groups is 2. The van der Waals surface area contributed by atoms with Crippen LogP contribution in [0, 0.1) is 5.82 Å². The second kappa shape index (κ2) is 6.29. The first-order valence-corrected chi connectivity index (χ1v) is 8.37. The average molecular weight is 392 g/mol. The van der Waals surface area contributed by atoms with Crippen molar-refractivity contribution in [2.24, 2.45) is 0 Å². The fourth-order valence-corrected chi connectivity index (χ4v) is 3.41. The van der Waals surface area contributed by atoms with Crippen LogP contribution in [0.1, 0.15) is 12.5 Å². The highest BCUT2D eigenvalue weighted by molar-refractivity contribution is 9.10. The largest absolute Gasteiger partial charge is 0.298 e. The SMILES string of the molecule is C/C(=C1/SC(=O)N(c2ccc(F)cc2)C1=O)c1ccc(Br)cc1. The van der Waals surface area contributed by atoms with E-state index in [1.54, 1.807) is 0 Å². The maximum Gasteiger partial charge on any atom is 0.298 e. The first-order chi connectivity index (χ1) is 11.0. The Balaban J connectivity index is 1.98. The van der Waals surface area contributed by atoms with Crippen LogP contribution in [-0.2, 0) is 4.79 Å². The van der Waals surface area contributed by atoms with Gasteiger partial charge in [-0.2, -0.15) is 0 Å². The Morgan fingerprint density at radius 3 is 2.26 bits per heavy atom. The second-order valence-corrected chi connectivity index (χ2v) is 6.82. The van der Waals surface area contributed by atoms with Gasteiger partial charge in [0.2, 0.25) is 0 Å². The standard InChI is InChI=1S/C17H11BrFNO2S/c1-10(11-2-4-12(18)5-3-11)15-16(21)20(17(22)23-15)14-8-6-13(19)7-9-14/h2-9H,1H3/b15-10-. The Labute approximate surface area is 145 Å². The molecule has 2 amide bonds. The third-order valence-electron chi connectivity index (χ3n) is 3.47. The lowest BCUT2D eigenvalue weighted by Crippen LogP contribution is -2.27. The number of halogens is 2. The molecule has 23 heavy (non-hydrogen) atoms. The van der Waals surface area contributed by atoms with Crippen molar-refractivity contribution in [3.05, 3.63) is 69.3 Å². The van der Waals surface area contributed by atoms with Crippen molar-refractivity contribution in [2.75, 3.05) is 4.90 Å². The van der Waals surface area contributed by atoms with Gasteiger partial charge in [0.15, 0.2) is 0 Å². The number of thioether (sulfide) groups is 1. The van der Waals surface area contributed by atoms with Gasteiger partial charge in [-0.05, 0) is 66.2 Å². The zero-order valence-electron chi connectivity index (χ0n) is 12.0. The van der Waals surface area contributed by atoms with Crippen LogP contribution in [0.3, 0.4) is 0 Å². The van der Waals surface area contributed by atoms with Gasteiger partial charge in [-0.15, -0.1) is 0 Å². The molecule has 116 valence electrons. The van der Waals surface area contributed by atoms with Crippen LogP contribution in [0.25, 0.3) is 5.57 Å². The van der Waals surface area contributed by atoms with E-state index in [0.717, 1.165) is 32.3 Å². The maximum atomic E-state index is 13.0. The Morgan fingerprint density at radius 1 is 1.04 bits per heavy atom. The summed E-state index contributed by atoms with van der Waals surface area (Å²) in [6.45, 7) is 1.81. The fraction of sp³-hybridized carbons (Fsp3) is 0.0588. The highest BCUT2D eigenvalue weighted by atomic mass is 79.9. The molecule has 0 spiro atoms. The normalized spacial score (nSPS) is 16.9. The maximum absolute atomic E-state index is 13.0. The molecule has 0 aromatic heterocycles. The zero-order valence-corrected chi connectivity index (χ0v) is 14.4. The molecule has 1 heterocycles. The van der Waals surface area contributed by atoms with E-state index in [0.29, 0.717) is 10.6 Å². The van der Waals surface area contributed by atoms with Gasteiger partial charge >= 0.3 is 0 Å². The van der Waals surface area contributed by atoms with Crippen molar-refractivity contribution in [2.45, 2.75) is 6.92 Å². The Hall–Kier alpha value is -1.92. The van der Waals surface area contributed by atoms with E-state index in [-0.39, 0.29) is 11.1 Å². The quantitative estimate of drug-likeness (QED) is 0.658. The molecule has 6 heteroatoms. The predicted molar refractivity (Wildman–Crippen MR) is 93.6 cm³/mol. The molecule has 1 aliphatic rings. The molecule has 3 rings (SSSR count). The van der Waals surface area contributed by atoms with Gasteiger partial charge in [0.25, 0.3) is 11.1 Å². The minimum Gasteiger partial charge on any atom is -0.268 e. The van der Waals surface area contributed by atoms with Gasteiger partial charge in [-0.25, -0.2) is 9.29 Å². The average Bonchev–Trinajstić information content (AvgIpc) is 2.83. The summed E-state index contributed by atoms with van der Waals surface area (Å²) >= 11 is 4.26. The lowest BCUT2D eigenvalue weighted by atomic mass is 10.1. The number of carbonyl (C=O) groups excluding carboxylic acids is 2. The van der Waals surface area contributed by atoms with Crippen molar-refractivity contribution in [3.8, 4) is 0 Å². The highest BCUT2D eigenvalue weighted by Gasteiger charge is 2.37. The highest BCUT2D eigenvalue weighted by Crippen LogP contribution is 2.39. The lowest BCUT2D eigenvalue weighted by Gasteiger charge is -2.12. The Morgan fingerprint density at radius 2 is 1.65 bits per heavy atom. The van der Waals surface area contributed by atoms with Gasteiger partial charge in [-0.1, -0.05) is 28.1 Å². The molecular formula is C17H11BrFNO2S. The van der Waals surface area contributed by atoms with Gasteiger partial charge in [-0.3, -0.25) is 9.59 Å². The van der Waals surface area contributed by atoms with Crippen LogP contribution >= 0.6 is 27.7 Å². The van der Waals surface area contributed by atoms with Crippen molar-refractivity contribution >= 4 is 50.1 Å². The molecule has 0 bridgehead atoms. The van der Waals surface area contributed by atoms with Crippen LogP contribution in [0.4, 0.5) is 14.9 Å². The zero-order chi connectivity index (χ0) is 16.6. The summed E-state index contributed by atoms with van der Waals surface area (Å²) in [4.78, 5) is 26.3. The van der Waals surface area contributed by atoms with Crippen molar-refractivity contribution in [3.63, 3.8) is 0 Å². The van der Waals surface area contributed by atoms with Crippen LogP contribution in [-0.4, -0.2) is 11.1 Å². The predicted octanol–water partition coefficient (Wildman–Crippen LogP) is 5.22. The summed E-state index contributed by atoms with van der Waals surface area (Å²) in [6.07, 6.45) is 0. The molecule has 0 atom stereocenters. The van der Waals surface area contributed by atoms with Crippen LogP contribution < -0.4 is 4.90 Å². The number of amides is 2. The molecule has 0 unspecified atom stereocenters. The van der Waals surface area contributed by atoms with E-state index in [9.17, 15) is 14.0 Å². The fourth-order valence-electron chi connectivity index (χ4n) is 2.24. The molecule has 0 radical (unpaired) electrons. The van der Waals surface area contributed by atoms with Gasteiger partial charge in [0.05, 0.1) is 10.6 Å². The number of hydrogen-bond acceptors (Lipinski definition) is 3. The number of imide groups is 1. The van der Waals surface area contributed by atoms with E-state index in [1.165, 1.54) is 24.3 Å². The molecule has 3 nitrogen and oxygen atoms in total. The molecule has 1 aliphatic heterocycles. The molecule has 2 aromatic rings. The number of anilines is 1. The molecule has 1 fully saturated rings. The molecular weight excluding hydrogens is 381 g/mol. The summed E-state index contributed by atoms with van der Waals surface area (Å²) < 4.78 is 14.0. The molecule has 0 aliphatic carbocycles. The molecule has 1 saturated heterocycles. The second-order valence-electron chi connectivity index (χ2n) is 4.95. The molecule has 0 saturated carbocycles. The minimum absolute atomic E-state index is 0.368. The third kappa shape index (κ3) is 3.09. The van der Waals surface area contributed by atoms with E-state index in [1.807, 2.05) is 31.2 Å². The van der Waals surface area contributed by atoms with Gasteiger partial charge < -0.3 is 0 Å². The minimum atomic E-state index is -0.415. The molecule has 0 N–H and O–H groups in total. The first-order valence-electron chi connectivity index (χ1n) is 6.76. The van der Waals surface area contributed by atoms with E-state index in [2.05, 4.69) is 15.9 Å². The lowest BCUT2D eigenvalue weighted by molar-refractivity contribution is -0.113. The van der Waals surface area contributed by atoms with Gasteiger partial charge in [0.1, 0.15) is 5.82 Å². The Kier molecular flexibility index (Phi) is 4.37. The van der Waals surface area contributed by atoms with E-state index in [4.69, 9.17) is 0 Å². The van der Waals surface area contributed by atoms with Crippen LogP contribution in [0.2, 0.25) is 0 Å². The summed E-state index contributed by atoms with van der Waals surface area (Å²) in [5, 5.41) is -0.381. The topological polar surface area (TPSA) is 37.4 Å². The smallest absolute Gasteiger partial charge is 0.268 e. The summed E-state index contributed by atoms with van der Waals surface area (Å²) in [7, 11) is 0. The number of rotatable bonds is 2. The van der Waals surface area contributed by atoms with E-state index < -0.39 is 5.82 Å². The number of nitrogens with zero attached hydrogens (tertiary/aromatic N) is 1. The van der Waals surface area contributed by atoms with Crippen LogP contribution in [0.5, 0.6) is 0 Å². The monoisotopic (exact) mass is 391 g/mol. The summed E-state index contributed by atoms with van der Waals surface area (Å²) in [5.74, 6) is -0.797. The number of hydrogen-bond donors (Lipinski definition) is 0. The van der Waals surface area contributed by atoms with Crippen molar-refractivity contribution < 1.29 is 14.0 Å². The van der Waals surface area contributed by atoms with Crippen molar-refractivity contribution in [1.29, 1.82) is 0 Å². The third-order valence-corrected chi connectivity index (χ3v) is 5.04. The van der Waals surface area contributed by atoms with E-state index >= 15 is 0 Å². The molecule has 2 aromatic carbocycles. The van der Waals surface area contributed by atoms with Gasteiger partial charge in [0, 0.05) is 4.47 Å². The van der Waals surface area contributed by atoms with Crippen LogP contribution in [0.15, 0.2) is 57.9 Å². The number of benzene rings is 2. The first kappa shape index (κ1) is 16.0. The number of allylic oxidation sites excluding steroid dienone is 1. The summed E-state index contributed by atoms with van der Waals surface area (Å²) in [6, 6.07) is 12.8. The Bertz CT molecular complexity index is 815.